The van der Waals surface area contributed by atoms with E-state index in [0.717, 1.165) is 22.5 Å². The van der Waals surface area contributed by atoms with Crippen molar-refractivity contribution in [2.24, 2.45) is 0 Å². The summed E-state index contributed by atoms with van der Waals surface area (Å²) in [4.78, 5) is 9.22. The second kappa shape index (κ2) is 6.39. The summed E-state index contributed by atoms with van der Waals surface area (Å²) in [6.45, 7) is 0. The summed E-state index contributed by atoms with van der Waals surface area (Å²) in [7, 11) is 5.06. The molecule has 0 aliphatic carbocycles. The number of para-hydroxylation sites is 2. The van der Waals surface area contributed by atoms with Crippen LogP contribution in [0.15, 0.2) is 42.5 Å². The zero-order valence-electron chi connectivity index (χ0n) is 13.3. The van der Waals surface area contributed by atoms with Gasteiger partial charge in [-0.15, -0.1) is 0 Å². The monoisotopic (exact) mass is 310 g/mol. The molecule has 118 valence electrons. The smallest absolute Gasteiger partial charge is 0.174 e. The van der Waals surface area contributed by atoms with Crippen LogP contribution in [0, 0.1) is 0 Å². The Morgan fingerprint density at radius 1 is 0.870 bits per heavy atom. The lowest BCUT2D eigenvalue weighted by Crippen LogP contribution is -2.04. The maximum absolute atomic E-state index is 5.39. The van der Waals surface area contributed by atoms with Crippen LogP contribution >= 0.6 is 0 Å². The first-order valence-corrected chi connectivity index (χ1v) is 7.18. The Hall–Kier alpha value is -3.02. The highest BCUT2D eigenvalue weighted by Crippen LogP contribution is 2.33. The van der Waals surface area contributed by atoms with Gasteiger partial charge in [-0.1, -0.05) is 12.1 Å². The van der Waals surface area contributed by atoms with Crippen LogP contribution in [0.3, 0.4) is 0 Å². The van der Waals surface area contributed by atoms with Crippen molar-refractivity contribution in [3.05, 3.63) is 42.5 Å². The minimum absolute atomic E-state index is 0.623. The number of benzene rings is 2. The molecule has 6 heteroatoms. The number of rotatable bonds is 5. The molecule has 0 amide bonds. The van der Waals surface area contributed by atoms with Crippen molar-refractivity contribution in [2.75, 3.05) is 31.9 Å². The molecule has 0 unspecified atom stereocenters. The van der Waals surface area contributed by atoms with Gasteiger partial charge in [0.1, 0.15) is 11.5 Å². The van der Waals surface area contributed by atoms with Crippen LogP contribution < -0.4 is 20.1 Å². The topological polar surface area (TPSA) is 68.3 Å². The van der Waals surface area contributed by atoms with Gasteiger partial charge in [-0.3, -0.25) is 0 Å². The van der Waals surface area contributed by atoms with E-state index in [4.69, 9.17) is 9.47 Å². The van der Waals surface area contributed by atoms with Gasteiger partial charge in [-0.2, -0.15) is 0 Å². The van der Waals surface area contributed by atoms with Crippen molar-refractivity contribution in [3.8, 4) is 11.5 Å². The fraction of sp³-hybridized carbons (Fsp3) is 0.176. The molecule has 2 N–H and O–H groups in total. The van der Waals surface area contributed by atoms with Crippen LogP contribution in [0.5, 0.6) is 11.5 Å². The van der Waals surface area contributed by atoms with Crippen molar-refractivity contribution in [2.45, 2.75) is 0 Å². The largest absolute Gasteiger partial charge is 0.497 e. The highest BCUT2D eigenvalue weighted by atomic mass is 16.5. The van der Waals surface area contributed by atoms with E-state index in [2.05, 4.69) is 20.6 Å². The van der Waals surface area contributed by atoms with Gasteiger partial charge < -0.3 is 20.1 Å². The number of aromatic nitrogens is 2. The second-order valence-electron chi connectivity index (χ2n) is 4.85. The first-order valence-electron chi connectivity index (χ1n) is 7.18. The quantitative estimate of drug-likeness (QED) is 0.752. The standard InChI is InChI=1S/C17H18N4O2/c1-18-16-17(20-13-7-5-4-6-12(13)19-16)21-14-10-11(22-2)8-9-15(14)23-3/h4-10H,1-3H3,(H,18,19)(H,20,21). The molecule has 0 saturated carbocycles. The van der Waals surface area contributed by atoms with E-state index in [0.29, 0.717) is 17.4 Å². The molecule has 0 aliphatic rings. The fourth-order valence-electron chi connectivity index (χ4n) is 2.30. The molecular weight excluding hydrogens is 292 g/mol. The number of hydrogen-bond acceptors (Lipinski definition) is 6. The number of fused-ring (bicyclic) bond motifs is 1. The Morgan fingerprint density at radius 3 is 2.17 bits per heavy atom. The molecule has 0 saturated heterocycles. The van der Waals surface area contributed by atoms with Crippen molar-refractivity contribution < 1.29 is 9.47 Å². The van der Waals surface area contributed by atoms with Crippen LogP contribution in [0.4, 0.5) is 17.3 Å². The third-order valence-electron chi connectivity index (χ3n) is 3.47. The van der Waals surface area contributed by atoms with Crippen molar-refractivity contribution in [1.82, 2.24) is 9.97 Å². The van der Waals surface area contributed by atoms with Gasteiger partial charge in [0.2, 0.25) is 0 Å². The third kappa shape index (κ3) is 2.96. The van der Waals surface area contributed by atoms with Gasteiger partial charge in [0, 0.05) is 13.1 Å². The first kappa shape index (κ1) is 14.9. The van der Waals surface area contributed by atoms with Crippen LogP contribution in [0.1, 0.15) is 0 Å². The van der Waals surface area contributed by atoms with Crippen LogP contribution in [0.2, 0.25) is 0 Å². The summed E-state index contributed by atoms with van der Waals surface area (Å²) >= 11 is 0. The lowest BCUT2D eigenvalue weighted by Gasteiger charge is -2.14. The maximum Gasteiger partial charge on any atom is 0.174 e. The van der Waals surface area contributed by atoms with E-state index in [1.165, 1.54) is 0 Å². The number of nitrogens with zero attached hydrogens (tertiary/aromatic N) is 2. The van der Waals surface area contributed by atoms with E-state index >= 15 is 0 Å². The van der Waals surface area contributed by atoms with Gasteiger partial charge in [-0.25, -0.2) is 9.97 Å². The highest BCUT2D eigenvalue weighted by Gasteiger charge is 2.11. The predicted molar refractivity (Wildman–Crippen MR) is 91.9 cm³/mol. The van der Waals surface area contributed by atoms with Gasteiger partial charge in [0.15, 0.2) is 11.6 Å². The molecule has 0 spiro atoms. The molecule has 2 aromatic carbocycles. The molecule has 3 aromatic rings. The average Bonchev–Trinajstić information content (AvgIpc) is 2.61. The van der Waals surface area contributed by atoms with Crippen molar-refractivity contribution in [1.29, 1.82) is 0 Å². The molecule has 0 atom stereocenters. The summed E-state index contributed by atoms with van der Waals surface area (Å²) in [5, 5.41) is 6.33. The van der Waals surface area contributed by atoms with E-state index in [-0.39, 0.29) is 0 Å². The van der Waals surface area contributed by atoms with E-state index < -0.39 is 0 Å². The molecule has 0 aliphatic heterocycles. The third-order valence-corrected chi connectivity index (χ3v) is 3.47. The summed E-state index contributed by atoms with van der Waals surface area (Å²) < 4.78 is 10.7. The Kier molecular flexibility index (Phi) is 4.14. The summed E-state index contributed by atoms with van der Waals surface area (Å²) in [5.74, 6) is 2.71. The molecule has 1 heterocycles. The zero-order valence-corrected chi connectivity index (χ0v) is 13.3. The molecule has 1 aromatic heterocycles. The Morgan fingerprint density at radius 2 is 1.57 bits per heavy atom. The van der Waals surface area contributed by atoms with E-state index in [1.807, 2.05) is 49.5 Å². The SMILES string of the molecule is CNc1nc2ccccc2nc1Nc1cc(OC)ccc1OC. The van der Waals surface area contributed by atoms with E-state index in [1.54, 1.807) is 14.2 Å². The summed E-state index contributed by atoms with van der Waals surface area (Å²) in [5.41, 5.74) is 2.41. The van der Waals surface area contributed by atoms with Crippen LogP contribution in [-0.4, -0.2) is 31.2 Å². The zero-order chi connectivity index (χ0) is 16.2. The van der Waals surface area contributed by atoms with Gasteiger partial charge in [-0.05, 0) is 24.3 Å². The first-order chi connectivity index (χ1) is 11.2. The molecule has 6 nitrogen and oxygen atoms in total. The Balaban J connectivity index is 2.07. The average molecular weight is 310 g/mol. The minimum Gasteiger partial charge on any atom is -0.497 e. The summed E-state index contributed by atoms with van der Waals surface area (Å²) in [6.07, 6.45) is 0. The summed E-state index contributed by atoms with van der Waals surface area (Å²) in [6, 6.07) is 13.3. The highest BCUT2D eigenvalue weighted by molar-refractivity contribution is 5.82. The van der Waals surface area contributed by atoms with Crippen LogP contribution in [-0.2, 0) is 0 Å². The lowest BCUT2D eigenvalue weighted by atomic mass is 10.2. The molecular formula is C17H18N4O2. The van der Waals surface area contributed by atoms with Gasteiger partial charge in [0.25, 0.3) is 0 Å². The Labute approximate surface area is 134 Å². The number of nitrogens with one attached hydrogen (secondary N) is 2. The fourth-order valence-corrected chi connectivity index (χ4v) is 2.30. The lowest BCUT2D eigenvalue weighted by molar-refractivity contribution is 0.405. The van der Waals surface area contributed by atoms with Crippen molar-refractivity contribution >= 4 is 28.4 Å². The van der Waals surface area contributed by atoms with Crippen molar-refractivity contribution in [3.63, 3.8) is 0 Å². The van der Waals surface area contributed by atoms with Gasteiger partial charge in [0.05, 0.1) is 30.9 Å². The normalized spacial score (nSPS) is 10.4. The minimum atomic E-state index is 0.623. The number of ether oxygens (including phenoxy) is 2. The molecule has 0 bridgehead atoms. The van der Waals surface area contributed by atoms with Crippen LogP contribution in [0.25, 0.3) is 11.0 Å². The predicted octanol–water partition coefficient (Wildman–Crippen LogP) is 3.43. The number of methoxy groups -OCH3 is 2. The van der Waals surface area contributed by atoms with E-state index in [9.17, 15) is 0 Å². The molecule has 0 fully saturated rings. The van der Waals surface area contributed by atoms with Gasteiger partial charge >= 0.3 is 0 Å². The molecule has 3 rings (SSSR count). The Bertz CT molecular complexity index is 836. The maximum atomic E-state index is 5.39. The molecule has 23 heavy (non-hydrogen) atoms. The number of anilines is 3. The second-order valence-corrected chi connectivity index (χ2v) is 4.85. The number of hydrogen-bond donors (Lipinski definition) is 2. The molecule has 0 radical (unpaired) electrons.